The lowest BCUT2D eigenvalue weighted by Crippen LogP contribution is -2.48. The predicted molar refractivity (Wildman–Crippen MR) is 60.0 cm³/mol. The van der Waals surface area contributed by atoms with Crippen LogP contribution in [-0.4, -0.2) is 31.3 Å². The zero-order valence-electron chi connectivity index (χ0n) is 9.21. The largest absolute Gasteiger partial charge is 0.479 e. The van der Waals surface area contributed by atoms with Crippen molar-refractivity contribution in [2.24, 2.45) is 0 Å². The molecule has 0 bridgehead atoms. The summed E-state index contributed by atoms with van der Waals surface area (Å²) in [6, 6.07) is 3.17. The first kappa shape index (κ1) is 11.2. The molecule has 7 nitrogen and oxygen atoms in total. The van der Waals surface area contributed by atoms with Crippen LogP contribution in [0.25, 0.3) is 11.6 Å². The first-order chi connectivity index (χ1) is 8.63. The van der Waals surface area contributed by atoms with Crippen molar-refractivity contribution in [2.45, 2.75) is 24.8 Å². The van der Waals surface area contributed by atoms with Gasteiger partial charge in [0.05, 0.1) is 0 Å². The van der Waals surface area contributed by atoms with E-state index < -0.39 is 11.5 Å². The summed E-state index contributed by atoms with van der Waals surface area (Å²) in [4.78, 5) is 11.4. The molecule has 1 fully saturated rings. The van der Waals surface area contributed by atoms with E-state index in [-0.39, 0.29) is 11.0 Å². The van der Waals surface area contributed by atoms with Gasteiger partial charge in [-0.25, -0.2) is 9.48 Å². The van der Waals surface area contributed by atoms with Crippen LogP contribution in [0.15, 0.2) is 16.5 Å². The standard InChI is InChI=1S/C10H9ClN4O3/c11-7-3-2-6(18-7)8-12-13-14-15(8)10(9(16)17)4-1-5-10/h2-3H,1,4-5H2,(H,16,17). The van der Waals surface area contributed by atoms with Gasteiger partial charge in [0.2, 0.25) is 5.82 Å². The Balaban J connectivity index is 2.09. The number of rotatable bonds is 3. The second kappa shape index (κ2) is 3.81. The van der Waals surface area contributed by atoms with Crippen molar-refractivity contribution in [3.05, 3.63) is 17.4 Å². The van der Waals surface area contributed by atoms with E-state index >= 15 is 0 Å². The second-order valence-corrected chi connectivity index (χ2v) is 4.58. The Morgan fingerprint density at radius 3 is 2.78 bits per heavy atom. The molecule has 1 aliphatic carbocycles. The first-order valence-electron chi connectivity index (χ1n) is 5.41. The van der Waals surface area contributed by atoms with Gasteiger partial charge in [-0.05, 0) is 53.4 Å². The van der Waals surface area contributed by atoms with Crippen LogP contribution < -0.4 is 0 Å². The van der Waals surface area contributed by atoms with E-state index in [0.29, 0.717) is 18.6 Å². The van der Waals surface area contributed by atoms with Crippen LogP contribution in [0.3, 0.4) is 0 Å². The van der Waals surface area contributed by atoms with E-state index in [1.807, 2.05) is 0 Å². The maximum atomic E-state index is 11.4. The van der Waals surface area contributed by atoms with Gasteiger partial charge >= 0.3 is 5.97 Å². The quantitative estimate of drug-likeness (QED) is 0.907. The van der Waals surface area contributed by atoms with Crippen LogP contribution >= 0.6 is 11.6 Å². The number of carboxylic acids is 1. The van der Waals surface area contributed by atoms with Crippen LogP contribution in [-0.2, 0) is 10.3 Å². The zero-order valence-corrected chi connectivity index (χ0v) is 9.96. The number of carboxylic acid groups (broad SMARTS) is 1. The number of aliphatic carboxylic acids is 1. The van der Waals surface area contributed by atoms with Gasteiger partial charge in [-0.1, -0.05) is 0 Å². The van der Waals surface area contributed by atoms with Crippen molar-refractivity contribution in [3.8, 4) is 11.6 Å². The minimum absolute atomic E-state index is 0.206. The third-order valence-electron chi connectivity index (χ3n) is 3.25. The minimum atomic E-state index is -1.06. The fraction of sp³-hybridized carbons (Fsp3) is 0.400. The molecule has 94 valence electrons. The van der Waals surface area contributed by atoms with Gasteiger partial charge in [0, 0.05) is 0 Å². The van der Waals surface area contributed by atoms with Gasteiger partial charge in [-0.3, -0.25) is 0 Å². The van der Waals surface area contributed by atoms with Crippen molar-refractivity contribution in [2.75, 3.05) is 0 Å². The maximum absolute atomic E-state index is 11.4. The monoisotopic (exact) mass is 268 g/mol. The molecule has 0 aliphatic heterocycles. The average molecular weight is 269 g/mol. The topological polar surface area (TPSA) is 94.0 Å². The number of halogens is 1. The molecule has 0 saturated heterocycles. The minimum Gasteiger partial charge on any atom is -0.479 e. The molecule has 0 spiro atoms. The Kier molecular flexibility index (Phi) is 2.37. The third kappa shape index (κ3) is 1.43. The number of nitrogens with zero attached hydrogens (tertiary/aromatic N) is 4. The van der Waals surface area contributed by atoms with Gasteiger partial charge in [0.1, 0.15) is 0 Å². The molecule has 0 atom stereocenters. The van der Waals surface area contributed by atoms with Crippen molar-refractivity contribution >= 4 is 17.6 Å². The summed E-state index contributed by atoms with van der Waals surface area (Å²) in [5.74, 6) is -0.290. The summed E-state index contributed by atoms with van der Waals surface area (Å²) >= 11 is 5.69. The van der Waals surface area contributed by atoms with E-state index in [4.69, 9.17) is 16.0 Å². The lowest BCUT2D eigenvalue weighted by molar-refractivity contribution is -0.153. The number of aromatic nitrogens is 4. The highest BCUT2D eigenvalue weighted by molar-refractivity contribution is 6.28. The lowest BCUT2D eigenvalue weighted by atomic mass is 9.77. The predicted octanol–water partition coefficient (Wildman–Crippen LogP) is 1.55. The van der Waals surface area contributed by atoms with Gasteiger partial charge < -0.3 is 9.52 Å². The fourth-order valence-electron chi connectivity index (χ4n) is 2.09. The van der Waals surface area contributed by atoms with Crippen LogP contribution in [0.2, 0.25) is 5.22 Å². The van der Waals surface area contributed by atoms with Gasteiger partial charge in [-0.2, -0.15) is 0 Å². The van der Waals surface area contributed by atoms with E-state index in [0.717, 1.165) is 6.42 Å². The van der Waals surface area contributed by atoms with Crippen LogP contribution in [0, 0.1) is 0 Å². The first-order valence-corrected chi connectivity index (χ1v) is 5.79. The summed E-state index contributed by atoms with van der Waals surface area (Å²) < 4.78 is 6.53. The van der Waals surface area contributed by atoms with Crippen molar-refractivity contribution in [3.63, 3.8) is 0 Å². The molecule has 8 heteroatoms. The van der Waals surface area contributed by atoms with Crippen LogP contribution in [0.4, 0.5) is 0 Å². The second-order valence-electron chi connectivity index (χ2n) is 4.21. The number of tetrazole rings is 1. The average Bonchev–Trinajstić information content (AvgIpc) is 2.84. The number of carbonyl (C=O) groups is 1. The zero-order chi connectivity index (χ0) is 12.8. The molecule has 0 aromatic carbocycles. The Hall–Kier alpha value is -1.89. The molecule has 1 N–H and O–H groups in total. The Labute approximate surface area is 106 Å². The SMILES string of the molecule is O=C(O)C1(n2nnnc2-c2ccc(Cl)o2)CCC1. The summed E-state index contributed by atoms with van der Waals surface area (Å²) in [5.41, 5.74) is -1.06. The normalized spacial score (nSPS) is 17.4. The molecule has 0 radical (unpaired) electrons. The molecular formula is C10H9ClN4O3. The van der Waals surface area contributed by atoms with Gasteiger partial charge in [0.25, 0.3) is 0 Å². The van der Waals surface area contributed by atoms with Gasteiger partial charge in [0.15, 0.2) is 16.5 Å². The highest BCUT2D eigenvalue weighted by atomic mass is 35.5. The third-order valence-corrected chi connectivity index (χ3v) is 3.45. The van der Waals surface area contributed by atoms with Crippen molar-refractivity contribution in [1.29, 1.82) is 0 Å². The molecule has 2 aromatic rings. The molecule has 0 unspecified atom stereocenters. The smallest absolute Gasteiger partial charge is 0.331 e. The van der Waals surface area contributed by atoms with E-state index in [2.05, 4.69) is 15.5 Å². The number of furan rings is 1. The van der Waals surface area contributed by atoms with E-state index in [1.54, 1.807) is 12.1 Å². The molecule has 2 heterocycles. The molecular weight excluding hydrogens is 260 g/mol. The maximum Gasteiger partial charge on any atom is 0.331 e. The molecule has 2 aromatic heterocycles. The fourth-order valence-corrected chi connectivity index (χ4v) is 2.24. The van der Waals surface area contributed by atoms with Crippen LogP contribution in [0.1, 0.15) is 19.3 Å². The van der Waals surface area contributed by atoms with Crippen LogP contribution in [0.5, 0.6) is 0 Å². The number of hydrogen-bond donors (Lipinski definition) is 1. The summed E-state index contributed by atoms with van der Waals surface area (Å²) in [6.45, 7) is 0. The lowest BCUT2D eigenvalue weighted by Gasteiger charge is -2.37. The Morgan fingerprint density at radius 2 is 2.28 bits per heavy atom. The van der Waals surface area contributed by atoms with Crippen molar-refractivity contribution in [1.82, 2.24) is 20.2 Å². The van der Waals surface area contributed by atoms with E-state index in [1.165, 1.54) is 4.68 Å². The molecule has 1 saturated carbocycles. The summed E-state index contributed by atoms with van der Waals surface area (Å²) in [6.07, 6.45) is 1.86. The summed E-state index contributed by atoms with van der Waals surface area (Å²) in [5, 5.41) is 20.7. The molecule has 3 rings (SSSR count). The Bertz CT molecular complexity index is 602. The van der Waals surface area contributed by atoms with E-state index in [9.17, 15) is 9.90 Å². The molecule has 0 amide bonds. The Morgan fingerprint density at radius 1 is 1.50 bits per heavy atom. The van der Waals surface area contributed by atoms with Gasteiger partial charge in [-0.15, -0.1) is 5.10 Å². The number of hydrogen-bond acceptors (Lipinski definition) is 5. The summed E-state index contributed by atoms with van der Waals surface area (Å²) in [7, 11) is 0. The highest BCUT2D eigenvalue weighted by Gasteiger charge is 2.49. The molecule has 18 heavy (non-hydrogen) atoms. The van der Waals surface area contributed by atoms with Crippen molar-refractivity contribution < 1.29 is 14.3 Å². The highest BCUT2D eigenvalue weighted by Crippen LogP contribution is 2.41. The molecule has 1 aliphatic rings.